The second-order valence-electron chi connectivity index (χ2n) is 7.35. The molecule has 2 aliphatic heterocycles. The van der Waals surface area contributed by atoms with E-state index in [0.717, 1.165) is 6.42 Å². The topological polar surface area (TPSA) is 78.8 Å². The van der Waals surface area contributed by atoms with Crippen LogP contribution in [0, 0.1) is 5.82 Å². The highest BCUT2D eigenvalue weighted by atomic mass is 32.2. The lowest BCUT2D eigenvalue weighted by Crippen LogP contribution is -2.37. The fourth-order valence-corrected chi connectivity index (χ4v) is 7.34. The molecule has 0 aliphatic carbocycles. The Morgan fingerprint density at radius 3 is 2.60 bits per heavy atom. The summed E-state index contributed by atoms with van der Waals surface area (Å²) in [5, 5.41) is 3.12. The molecule has 0 unspecified atom stereocenters. The van der Waals surface area contributed by atoms with Crippen LogP contribution in [0.5, 0.6) is 0 Å². The van der Waals surface area contributed by atoms with Gasteiger partial charge >= 0.3 is 0 Å². The number of fused-ring (bicyclic) bond motifs is 1. The molecule has 0 aromatic heterocycles. The maximum atomic E-state index is 14.5. The molecule has 6 nitrogen and oxygen atoms in total. The molecule has 0 saturated carbocycles. The number of nitrogens with zero attached hydrogens (tertiary/aromatic N) is 2. The summed E-state index contributed by atoms with van der Waals surface area (Å²) >= 11 is 1.30. The molecule has 0 bridgehead atoms. The molecular weight excluding hydrogens is 425 g/mol. The first-order valence-electron chi connectivity index (χ1n) is 9.70. The van der Waals surface area contributed by atoms with E-state index in [9.17, 15) is 17.6 Å². The lowest BCUT2D eigenvalue weighted by molar-refractivity contribution is -0.114. The first kappa shape index (κ1) is 20.9. The monoisotopic (exact) mass is 447 g/mol. The van der Waals surface area contributed by atoms with Gasteiger partial charge in [-0.1, -0.05) is 43.0 Å². The number of rotatable bonds is 5. The van der Waals surface area contributed by atoms with Crippen molar-refractivity contribution in [3.63, 3.8) is 0 Å². The predicted octanol–water partition coefficient (Wildman–Crippen LogP) is 3.10. The Morgan fingerprint density at radius 2 is 1.93 bits per heavy atom. The molecule has 0 radical (unpaired) electrons. The highest BCUT2D eigenvalue weighted by Crippen LogP contribution is 2.37. The van der Waals surface area contributed by atoms with Gasteiger partial charge in [-0.3, -0.25) is 9.79 Å². The number of anilines is 2. The lowest BCUT2D eigenvalue weighted by atomic mass is 10.1. The van der Waals surface area contributed by atoms with Gasteiger partial charge in [0.1, 0.15) is 12.4 Å². The molecule has 2 heterocycles. The van der Waals surface area contributed by atoms with Gasteiger partial charge in [0.2, 0.25) is 5.91 Å². The fourth-order valence-electron chi connectivity index (χ4n) is 3.57. The van der Waals surface area contributed by atoms with Crippen LogP contribution in [-0.4, -0.2) is 48.8 Å². The van der Waals surface area contributed by atoms with Gasteiger partial charge < -0.3 is 10.2 Å². The first-order valence-corrected chi connectivity index (χ1v) is 12.4. The number of thioether (sulfide) groups is 1. The number of nitrogens with one attached hydrogen (secondary N) is 1. The van der Waals surface area contributed by atoms with Crippen LogP contribution in [0.3, 0.4) is 0 Å². The molecule has 30 heavy (non-hydrogen) atoms. The van der Waals surface area contributed by atoms with Gasteiger partial charge in [0.15, 0.2) is 15.0 Å². The van der Waals surface area contributed by atoms with Crippen molar-refractivity contribution >= 4 is 44.0 Å². The normalized spacial score (nSPS) is 21.7. The van der Waals surface area contributed by atoms with Gasteiger partial charge in [0.05, 0.1) is 23.2 Å². The number of carbonyl (C=O) groups excluding carboxylic acids is 1. The zero-order chi connectivity index (χ0) is 21.3. The van der Waals surface area contributed by atoms with Crippen LogP contribution in [0.2, 0.25) is 0 Å². The SMILES string of the molecule is CCc1ccc(NC(=O)CN(C2=N[C@@H]3CS(=O)(=O)C[C@H]3S2)c2ccccc2F)cc1. The standard InChI is InChI=1S/C21H22FN3O3S2/c1-2-14-7-9-15(10-8-14)23-20(26)11-25(18-6-4-3-5-16(18)22)21-24-17-12-30(27,28)13-19(17)29-21/h3-10,17,19H,2,11-13H2,1H3,(H,23,26)/t17-,19-/m1/s1. The molecule has 2 atom stereocenters. The summed E-state index contributed by atoms with van der Waals surface area (Å²) in [6.45, 7) is 1.93. The molecule has 1 fully saturated rings. The van der Waals surface area contributed by atoms with E-state index in [-0.39, 0.29) is 40.9 Å². The zero-order valence-corrected chi connectivity index (χ0v) is 18.0. The molecule has 1 N–H and O–H groups in total. The Balaban J connectivity index is 1.55. The van der Waals surface area contributed by atoms with Crippen molar-refractivity contribution in [3.8, 4) is 0 Å². The number of aryl methyl sites for hydroxylation is 1. The Bertz CT molecular complexity index is 1090. The smallest absolute Gasteiger partial charge is 0.244 e. The van der Waals surface area contributed by atoms with E-state index >= 15 is 0 Å². The van der Waals surface area contributed by atoms with Crippen molar-refractivity contribution in [2.75, 3.05) is 28.3 Å². The Kier molecular flexibility index (Phi) is 5.84. The van der Waals surface area contributed by atoms with Crippen LogP contribution in [0.4, 0.5) is 15.8 Å². The van der Waals surface area contributed by atoms with Crippen LogP contribution >= 0.6 is 11.8 Å². The summed E-state index contributed by atoms with van der Waals surface area (Å²) in [6, 6.07) is 13.4. The second kappa shape index (κ2) is 8.39. The fraction of sp³-hybridized carbons (Fsp3) is 0.333. The van der Waals surface area contributed by atoms with E-state index in [1.54, 1.807) is 18.2 Å². The summed E-state index contributed by atoms with van der Waals surface area (Å²) < 4.78 is 38.2. The number of hydrogen-bond donors (Lipinski definition) is 1. The number of benzene rings is 2. The minimum absolute atomic E-state index is 0.00471. The molecule has 2 aromatic rings. The first-order chi connectivity index (χ1) is 14.3. The van der Waals surface area contributed by atoms with Crippen molar-refractivity contribution in [3.05, 3.63) is 59.9 Å². The highest BCUT2D eigenvalue weighted by molar-refractivity contribution is 8.15. The van der Waals surface area contributed by atoms with Crippen LogP contribution < -0.4 is 10.2 Å². The maximum Gasteiger partial charge on any atom is 0.244 e. The number of aliphatic imine (C=N–C) groups is 1. The quantitative estimate of drug-likeness (QED) is 0.762. The second-order valence-corrected chi connectivity index (χ2v) is 10.7. The Morgan fingerprint density at radius 1 is 1.20 bits per heavy atom. The van der Waals surface area contributed by atoms with Gasteiger partial charge in [-0.2, -0.15) is 0 Å². The van der Waals surface area contributed by atoms with E-state index in [4.69, 9.17) is 0 Å². The van der Waals surface area contributed by atoms with Crippen molar-refractivity contribution in [2.45, 2.75) is 24.6 Å². The molecule has 2 aliphatic rings. The zero-order valence-electron chi connectivity index (χ0n) is 16.4. The third kappa shape index (κ3) is 4.52. The Hall–Kier alpha value is -2.39. The average Bonchev–Trinajstić information content (AvgIpc) is 3.21. The molecular formula is C21H22FN3O3S2. The molecule has 158 valence electrons. The summed E-state index contributed by atoms with van der Waals surface area (Å²) in [7, 11) is -3.10. The number of hydrogen-bond acceptors (Lipinski definition) is 6. The lowest BCUT2D eigenvalue weighted by Gasteiger charge is -2.24. The Labute approximate surface area is 179 Å². The van der Waals surface area contributed by atoms with E-state index in [1.807, 2.05) is 24.3 Å². The van der Waals surface area contributed by atoms with Gasteiger partial charge in [0.25, 0.3) is 0 Å². The summed E-state index contributed by atoms with van der Waals surface area (Å²) in [4.78, 5) is 18.8. The van der Waals surface area contributed by atoms with Crippen molar-refractivity contribution < 1.29 is 17.6 Å². The maximum absolute atomic E-state index is 14.5. The molecule has 0 spiro atoms. The molecule has 9 heteroatoms. The van der Waals surface area contributed by atoms with E-state index in [2.05, 4.69) is 17.2 Å². The number of halogens is 1. The number of para-hydroxylation sites is 1. The van der Waals surface area contributed by atoms with Gasteiger partial charge in [-0.15, -0.1) is 0 Å². The summed E-state index contributed by atoms with van der Waals surface area (Å²) in [6.07, 6.45) is 0.907. The predicted molar refractivity (Wildman–Crippen MR) is 119 cm³/mol. The molecule has 4 rings (SSSR count). The minimum Gasteiger partial charge on any atom is -0.325 e. The molecule has 1 saturated heterocycles. The van der Waals surface area contributed by atoms with E-state index in [0.29, 0.717) is 10.9 Å². The van der Waals surface area contributed by atoms with Crippen LogP contribution in [0.1, 0.15) is 12.5 Å². The summed E-state index contributed by atoms with van der Waals surface area (Å²) in [5.41, 5.74) is 2.07. The highest BCUT2D eigenvalue weighted by Gasteiger charge is 2.44. The van der Waals surface area contributed by atoms with Gasteiger partial charge in [-0.05, 0) is 36.2 Å². The van der Waals surface area contributed by atoms with E-state index in [1.165, 1.54) is 28.3 Å². The molecule has 2 aromatic carbocycles. The van der Waals surface area contributed by atoms with Gasteiger partial charge in [0, 0.05) is 10.9 Å². The van der Waals surface area contributed by atoms with Crippen molar-refractivity contribution in [1.29, 1.82) is 0 Å². The largest absolute Gasteiger partial charge is 0.325 e. The van der Waals surface area contributed by atoms with E-state index < -0.39 is 15.7 Å². The van der Waals surface area contributed by atoms with Crippen LogP contribution in [0.25, 0.3) is 0 Å². The van der Waals surface area contributed by atoms with Crippen LogP contribution in [-0.2, 0) is 21.1 Å². The third-order valence-electron chi connectivity index (χ3n) is 5.13. The summed E-state index contributed by atoms with van der Waals surface area (Å²) in [5.74, 6) is -0.730. The number of amidine groups is 1. The number of carbonyl (C=O) groups is 1. The van der Waals surface area contributed by atoms with Crippen LogP contribution in [0.15, 0.2) is 53.5 Å². The van der Waals surface area contributed by atoms with Gasteiger partial charge in [-0.25, -0.2) is 12.8 Å². The minimum atomic E-state index is -3.10. The van der Waals surface area contributed by atoms with Crippen molar-refractivity contribution in [2.24, 2.45) is 4.99 Å². The van der Waals surface area contributed by atoms with Crippen molar-refractivity contribution in [1.82, 2.24) is 0 Å². The average molecular weight is 448 g/mol. The number of amides is 1. The number of sulfone groups is 1. The molecule has 1 amide bonds. The third-order valence-corrected chi connectivity index (χ3v) is 8.37.